The summed E-state index contributed by atoms with van der Waals surface area (Å²) in [6.45, 7) is 6.45. The molecule has 0 amide bonds. The quantitative estimate of drug-likeness (QED) is 0.670. The maximum atomic E-state index is 5.49. The fourth-order valence-electron chi connectivity index (χ4n) is 2.77. The van der Waals surface area contributed by atoms with E-state index in [1.54, 1.807) is 27.4 Å². The molecule has 0 unspecified atom stereocenters. The monoisotopic (exact) mass is 358 g/mol. The van der Waals surface area contributed by atoms with E-state index in [-0.39, 0.29) is 0 Å². The second-order valence-corrected chi connectivity index (χ2v) is 5.85. The molecule has 3 rings (SSSR count). The van der Waals surface area contributed by atoms with Gasteiger partial charge in [0.15, 0.2) is 11.5 Å². The zero-order valence-electron chi connectivity index (χ0n) is 15.8. The van der Waals surface area contributed by atoms with E-state index < -0.39 is 0 Å². The van der Waals surface area contributed by atoms with Gasteiger partial charge in [-0.15, -0.1) is 0 Å². The van der Waals surface area contributed by atoms with Gasteiger partial charge in [0, 0.05) is 5.69 Å². The normalized spacial score (nSPS) is 10.8. The van der Waals surface area contributed by atoms with Crippen LogP contribution in [0.1, 0.15) is 22.8 Å². The van der Waals surface area contributed by atoms with E-state index in [2.05, 4.69) is 15.2 Å². The number of aromatic nitrogens is 4. The zero-order valence-corrected chi connectivity index (χ0v) is 15.8. The Balaban J connectivity index is 1.96. The third-order valence-corrected chi connectivity index (χ3v) is 4.44. The molecule has 0 aliphatic rings. The molecule has 0 spiro atoms. The molecule has 0 saturated carbocycles. The van der Waals surface area contributed by atoms with Crippen LogP contribution < -0.4 is 14.2 Å². The first kappa shape index (κ1) is 17.8. The van der Waals surface area contributed by atoms with Crippen molar-refractivity contribution in [3.63, 3.8) is 0 Å². The highest BCUT2D eigenvalue weighted by molar-refractivity contribution is 5.71. The summed E-state index contributed by atoms with van der Waals surface area (Å²) in [4.78, 5) is 4.48. The standard InChI is InChI=1S/C18H22N4O4/c1-10-11(2)20-22(12(10)3)9-15-19-18(21-26-15)13-7-8-14(23-4)17(25-6)16(13)24-5/h7-8H,9H2,1-6H3. The van der Waals surface area contributed by atoms with Crippen molar-refractivity contribution in [3.05, 3.63) is 35.0 Å². The van der Waals surface area contributed by atoms with E-state index in [1.165, 1.54) is 0 Å². The molecule has 2 aromatic heterocycles. The van der Waals surface area contributed by atoms with Crippen LogP contribution >= 0.6 is 0 Å². The van der Waals surface area contributed by atoms with Gasteiger partial charge in [0.25, 0.3) is 0 Å². The van der Waals surface area contributed by atoms with Crippen molar-refractivity contribution in [2.24, 2.45) is 0 Å². The van der Waals surface area contributed by atoms with Gasteiger partial charge in [-0.25, -0.2) is 0 Å². The highest BCUT2D eigenvalue weighted by Crippen LogP contribution is 2.43. The van der Waals surface area contributed by atoms with Crippen LogP contribution in [0, 0.1) is 20.8 Å². The fraction of sp³-hybridized carbons (Fsp3) is 0.389. The third-order valence-electron chi connectivity index (χ3n) is 4.44. The maximum Gasteiger partial charge on any atom is 0.248 e. The Bertz CT molecular complexity index is 930. The maximum absolute atomic E-state index is 5.49. The average Bonchev–Trinajstić information content (AvgIpc) is 3.21. The highest BCUT2D eigenvalue weighted by Gasteiger charge is 2.21. The van der Waals surface area contributed by atoms with Crippen LogP contribution in [0.3, 0.4) is 0 Å². The van der Waals surface area contributed by atoms with Gasteiger partial charge in [0.05, 0.1) is 32.6 Å². The molecule has 0 atom stereocenters. The Kier molecular flexibility index (Phi) is 4.83. The van der Waals surface area contributed by atoms with Crippen LogP contribution in [0.15, 0.2) is 16.7 Å². The Morgan fingerprint density at radius 2 is 1.73 bits per heavy atom. The number of hydrogen-bond acceptors (Lipinski definition) is 7. The van der Waals surface area contributed by atoms with Crippen molar-refractivity contribution in [3.8, 4) is 28.6 Å². The summed E-state index contributed by atoms with van der Waals surface area (Å²) in [6, 6.07) is 3.58. The predicted molar refractivity (Wildman–Crippen MR) is 94.9 cm³/mol. The molecule has 138 valence electrons. The average molecular weight is 358 g/mol. The Morgan fingerprint density at radius 3 is 2.31 bits per heavy atom. The molecule has 8 heteroatoms. The lowest BCUT2D eigenvalue weighted by atomic mass is 10.1. The number of rotatable bonds is 6. The molecule has 3 aromatic rings. The minimum Gasteiger partial charge on any atom is -0.493 e. The van der Waals surface area contributed by atoms with Gasteiger partial charge in [-0.1, -0.05) is 5.16 Å². The minimum atomic E-state index is 0.406. The van der Waals surface area contributed by atoms with Gasteiger partial charge in [-0.2, -0.15) is 10.1 Å². The van der Waals surface area contributed by atoms with Crippen LogP contribution in [0.2, 0.25) is 0 Å². The van der Waals surface area contributed by atoms with Gasteiger partial charge in [0.1, 0.15) is 6.54 Å². The number of nitrogens with zero attached hydrogens (tertiary/aromatic N) is 4. The summed E-state index contributed by atoms with van der Waals surface area (Å²) in [6.07, 6.45) is 0. The molecule has 0 bridgehead atoms. The summed E-state index contributed by atoms with van der Waals surface area (Å²) in [5, 5.41) is 8.58. The molecule has 0 fully saturated rings. The predicted octanol–water partition coefficient (Wildman–Crippen LogP) is 2.93. The number of benzene rings is 1. The Hall–Kier alpha value is -3.03. The molecule has 8 nitrogen and oxygen atoms in total. The van der Waals surface area contributed by atoms with Crippen molar-refractivity contribution in [1.29, 1.82) is 0 Å². The summed E-state index contributed by atoms with van der Waals surface area (Å²) in [5.74, 6) is 2.41. The van der Waals surface area contributed by atoms with Crippen molar-refractivity contribution in [2.75, 3.05) is 21.3 Å². The lowest BCUT2D eigenvalue weighted by Crippen LogP contribution is -2.04. The first-order chi connectivity index (χ1) is 12.5. The van der Waals surface area contributed by atoms with Gasteiger partial charge in [-0.05, 0) is 38.5 Å². The van der Waals surface area contributed by atoms with Gasteiger partial charge < -0.3 is 18.7 Å². The third kappa shape index (κ3) is 2.98. The summed E-state index contributed by atoms with van der Waals surface area (Å²) >= 11 is 0. The molecule has 0 saturated heterocycles. The second kappa shape index (κ2) is 7.07. The van der Waals surface area contributed by atoms with Gasteiger partial charge in [0.2, 0.25) is 17.5 Å². The SMILES string of the molecule is COc1ccc(-c2noc(Cn3nc(C)c(C)c3C)n2)c(OC)c1OC. The zero-order chi connectivity index (χ0) is 18.8. The smallest absolute Gasteiger partial charge is 0.248 e. The number of hydrogen-bond donors (Lipinski definition) is 0. The Morgan fingerprint density at radius 1 is 1.00 bits per heavy atom. The largest absolute Gasteiger partial charge is 0.493 e. The molecular weight excluding hydrogens is 336 g/mol. The molecule has 0 N–H and O–H groups in total. The first-order valence-corrected chi connectivity index (χ1v) is 8.12. The van der Waals surface area contributed by atoms with Crippen LogP contribution in [-0.2, 0) is 6.54 Å². The van der Waals surface area contributed by atoms with Crippen molar-refractivity contribution in [1.82, 2.24) is 19.9 Å². The number of ether oxygens (including phenoxy) is 3. The minimum absolute atomic E-state index is 0.406. The van der Waals surface area contributed by atoms with E-state index in [9.17, 15) is 0 Å². The topological polar surface area (TPSA) is 84.4 Å². The molecule has 0 radical (unpaired) electrons. The summed E-state index contributed by atoms with van der Waals surface area (Å²) < 4.78 is 23.5. The van der Waals surface area contributed by atoms with E-state index in [0.717, 1.165) is 17.0 Å². The van der Waals surface area contributed by atoms with Gasteiger partial charge in [-0.3, -0.25) is 4.68 Å². The highest BCUT2D eigenvalue weighted by atomic mass is 16.5. The van der Waals surface area contributed by atoms with E-state index in [1.807, 2.05) is 31.5 Å². The van der Waals surface area contributed by atoms with Crippen LogP contribution in [0.25, 0.3) is 11.4 Å². The van der Waals surface area contributed by atoms with E-state index in [4.69, 9.17) is 18.7 Å². The Labute approximate surface area is 151 Å². The number of methoxy groups -OCH3 is 3. The van der Waals surface area contributed by atoms with Crippen LogP contribution in [-0.4, -0.2) is 41.3 Å². The van der Waals surface area contributed by atoms with Crippen molar-refractivity contribution < 1.29 is 18.7 Å². The van der Waals surface area contributed by atoms with E-state index in [0.29, 0.717) is 41.1 Å². The fourth-order valence-corrected chi connectivity index (χ4v) is 2.77. The lowest BCUT2D eigenvalue weighted by molar-refractivity contribution is 0.325. The van der Waals surface area contributed by atoms with Crippen molar-refractivity contribution in [2.45, 2.75) is 27.3 Å². The number of aryl methyl sites for hydroxylation is 1. The summed E-state index contributed by atoms with van der Waals surface area (Å²) in [5.41, 5.74) is 3.88. The summed E-state index contributed by atoms with van der Waals surface area (Å²) in [7, 11) is 4.68. The molecular formula is C18H22N4O4. The van der Waals surface area contributed by atoms with Crippen LogP contribution in [0.5, 0.6) is 17.2 Å². The molecule has 26 heavy (non-hydrogen) atoms. The molecule has 0 aliphatic heterocycles. The van der Waals surface area contributed by atoms with Crippen molar-refractivity contribution >= 4 is 0 Å². The molecule has 2 heterocycles. The van der Waals surface area contributed by atoms with E-state index >= 15 is 0 Å². The second-order valence-electron chi connectivity index (χ2n) is 5.85. The molecule has 1 aromatic carbocycles. The lowest BCUT2D eigenvalue weighted by Gasteiger charge is -2.13. The molecule has 0 aliphatic carbocycles. The van der Waals surface area contributed by atoms with Gasteiger partial charge >= 0.3 is 0 Å². The first-order valence-electron chi connectivity index (χ1n) is 8.12. The van der Waals surface area contributed by atoms with Crippen LogP contribution in [0.4, 0.5) is 0 Å².